The first-order chi connectivity index (χ1) is 27.6. The molecule has 0 saturated carbocycles. The molecule has 0 saturated heterocycles. The molecule has 4 aromatic carbocycles. The Labute approximate surface area is 347 Å². The minimum atomic E-state index is -4.86. The van der Waals surface area contributed by atoms with E-state index in [0.717, 1.165) is 15.9 Å². The number of tetrazole rings is 1. The van der Waals surface area contributed by atoms with Gasteiger partial charge in [0.1, 0.15) is 27.0 Å². The Morgan fingerprint density at radius 1 is 0.759 bits per heavy atom. The first-order valence-electron chi connectivity index (χ1n) is 17.1. The molecule has 0 aliphatic carbocycles. The van der Waals surface area contributed by atoms with Crippen LogP contribution in [0.25, 0.3) is 11.4 Å². The summed E-state index contributed by atoms with van der Waals surface area (Å²) in [6.07, 6.45) is -3.02. The quantitative estimate of drug-likeness (QED) is 0.0743. The fraction of sp³-hybridized carbons (Fsp3) is 0.250. The lowest BCUT2D eigenvalue weighted by Crippen LogP contribution is -2.49. The first-order valence-corrected chi connectivity index (χ1v) is 21.1. The molecule has 2 amide bonds. The second kappa shape index (κ2) is 19.3. The van der Waals surface area contributed by atoms with Gasteiger partial charge in [-0.3, -0.25) is 0 Å². The van der Waals surface area contributed by atoms with Gasteiger partial charge >= 0.3 is 12.2 Å². The van der Waals surface area contributed by atoms with E-state index < -0.39 is 61.2 Å². The molecule has 22 heteroatoms. The van der Waals surface area contributed by atoms with Crippen LogP contribution >= 0.6 is 22.6 Å². The number of halogens is 1. The third kappa shape index (κ3) is 11.1. The van der Waals surface area contributed by atoms with Crippen LogP contribution in [0.4, 0.5) is 9.59 Å². The summed E-state index contributed by atoms with van der Waals surface area (Å²) in [5.74, 6) is 1.50. The SMILES string of the molecule is COc1ccc(CN(Cc2ccc(OC)cc2)S(=O)(=O)c2c(S(=O)(=O)NCC(CNC(=O)O)NC(=O)O)ccc(I)c2-c2nnn(Cc3ccc(OC)cc3)n2)cc1. The van der Waals surface area contributed by atoms with Gasteiger partial charge in [-0.25, -0.2) is 31.1 Å². The van der Waals surface area contributed by atoms with Crippen molar-refractivity contribution in [2.75, 3.05) is 34.4 Å². The summed E-state index contributed by atoms with van der Waals surface area (Å²) >= 11 is 1.87. The standard InChI is InChI=1S/C36H39IN8O11S2/c1-54-27-10-4-23(5-11-27)20-44(21-24-6-12-28(55-2)13-7-24)58(52,53)33-31(57(50,51)39-19-26(40-36(48)49)18-38-35(46)47)17-16-30(37)32(33)34-41-43-45(42-34)22-25-8-14-29(56-3)15-9-25/h4-17,26,38-40H,18-22H2,1-3H3,(H,46,47)(H,48,49). The number of hydrogen-bond acceptors (Lipinski definition) is 12. The smallest absolute Gasteiger partial charge is 0.404 e. The van der Waals surface area contributed by atoms with E-state index >= 15 is 8.42 Å². The maximum atomic E-state index is 15.3. The molecule has 0 aliphatic rings. The van der Waals surface area contributed by atoms with Crippen molar-refractivity contribution in [2.24, 2.45) is 0 Å². The van der Waals surface area contributed by atoms with Gasteiger partial charge in [0.05, 0.1) is 39.5 Å². The number of nitrogens with one attached hydrogen (secondary N) is 3. The van der Waals surface area contributed by atoms with Gasteiger partial charge in [-0.1, -0.05) is 36.4 Å². The Morgan fingerprint density at radius 2 is 1.28 bits per heavy atom. The zero-order chi connectivity index (χ0) is 42.0. The lowest BCUT2D eigenvalue weighted by atomic mass is 10.2. The number of hydrogen-bond donors (Lipinski definition) is 5. The summed E-state index contributed by atoms with van der Waals surface area (Å²) in [6.45, 7) is -1.49. The Balaban J connectivity index is 1.67. The minimum absolute atomic E-state index is 0.124. The van der Waals surface area contributed by atoms with Crippen LogP contribution in [0.5, 0.6) is 17.2 Å². The number of ether oxygens (including phenoxy) is 3. The van der Waals surface area contributed by atoms with Crippen molar-refractivity contribution in [3.63, 3.8) is 0 Å². The van der Waals surface area contributed by atoms with E-state index in [1.807, 2.05) is 33.2 Å². The predicted molar refractivity (Wildman–Crippen MR) is 217 cm³/mol. The summed E-state index contributed by atoms with van der Waals surface area (Å²) in [5, 5.41) is 35.3. The van der Waals surface area contributed by atoms with Gasteiger partial charge in [0.2, 0.25) is 25.9 Å². The first kappa shape index (κ1) is 43.6. The van der Waals surface area contributed by atoms with Crippen LogP contribution in [-0.4, -0.2) is 104 Å². The highest BCUT2D eigenvalue weighted by atomic mass is 127. The summed E-state index contributed by atoms with van der Waals surface area (Å²) in [6, 6.07) is 21.6. The summed E-state index contributed by atoms with van der Waals surface area (Å²) in [7, 11) is -5.17. The minimum Gasteiger partial charge on any atom is -0.497 e. The monoisotopic (exact) mass is 950 g/mol. The molecule has 308 valence electrons. The van der Waals surface area contributed by atoms with Gasteiger partial charge < -0.3 is 35.1 Å². The van der Waals surface area contributed by atoms with Gasteiger partial charge in [0.15, 0.2) is 0 Å². The number of nitrogens with zero attached hydrogens (tertiary/aromatic N) is 5. The van der Waals surface area contributed by atoms with E-state index in [2.05, 4.69) is 20.1 Å². The van der Waals surface area contributed by atoms with Crippen LogP contribution in [0.1, 0.15) is 16.7 Å². The van der Waals surface area contributed by atoms with Gasteiger partial charge in [-0.05, 0) is 93.0 Å². The van der Waals surface area contributed by atoms with Crippen molar-refractivity contribution in [2.45, 2.75) is 35.5 Å². The van der Waals surface area contributed by atoms with Crippen LogP contribution in [0, 0.1) is 3.57 Å². The molecular weight excluding hydrogens is 911 g/mol. The van der Waals surface area contributed by atoms with Gasteiger partial charge in [0.25, 0.3) is 0 Å². The molecule has 1 aromatic heterocycles. The van der Waals surface area contributed by atoms with E-state index in [1.54, 1.807) is 72.8 Å². The van der Waals surface area contributed by atoms with E-state index in [4.69, 9.17) is 19.3 Å². The molecule has 58 heavy (non-hydrogen) atoms. The molecule has 0 aliphatic heterocycles. The molecule has 5 rings (SSSR count). The molecule has 1 heterocycles. The topological polar surface area (TPSA) is 253 Å². The normalized spacial score (nSPS) is 12.2. The van der Waals surface area contributed by atoms with E-state index in [9.17, 15) is 23.1 Å². The van der Waals surface area contributed by atoms with Crippen LogP contribution in [0.15, 0.2) is 94.7 Å². The molecule has 19 nitrogen and oxygen atoms in total. The number of carboxylic acid groups (broad SMARTS) is 2. The van der Waals surface area contributed by atoms with Gasteiger partial charge in [-0.15, -0.1) is 10.2 Å². The molecule has 0 spiro atoms. The van der Waals surface area contributed by atoms with Gasteiger partial charge in [0, 0.05) is 29.7 Å². The lowest BCUT2D eigenvalue weighted by molar-refractivity contribution is 0.183. The third-order valence-electron chi connectivity index (χ3n) is 8.50. The largest absolute Gasteiger partial charge is 0.497 e. The Morgan fingerprint density at radius 3 is 1.76 bits per heavy atom. The maximum absolute atomic E-state index is 15.3. The highest BCUT2D eigenvalue weighted by molar-refractivity contribution is 14.1. The summed E-state index contributed by atoms with van der Waals surface area (Å²) in [4.78, 5) is 22.5. The average Bonchev–Trinajstić information content (AvgIpc) is 3.66. The number of sulfonamides is 2. The molecular formula is C36H39IN8O11S2. The fourth-order valence-electron chi connectivity index (χ4n) is 5.59. The van der Waals surface area contributed by atoms with Crippen molar-refractivity contribution >= 4 is 54.8 Å². The van der Waals surface area contributed by atoms with Crippen molar-refractivity contribution in [3.8, 4) is 28.6 Å². The van der Waals surface area contributed by atoms with Crippen LogP contribution in [0.3, 0.4) is 0 Å². The fourth-order valence-corrected chi connectivity index (χ4v) is 9.96. The second-order valence-corrected chi connectivity index (χ2v) is 17.2. The second-order valence-electron chi connectivity index (χ2n) is 12.4. The lowest BCUT2D eigenvalue weighted by Gasteiger charge is -2.26. The van der Waals surface area contributed by atoms with E-state index in [-0.39, 0.29) is 34.6 Å². The predicted octanol–water partition coefficient (Wildman–Crippen LogP) is 3.59. The maximum Gasteiger partial charge on any atom is 0.404 e. The van der Waals surface area contributed by atoms with Crippen molar-refractivity contribution in [1.82, 2.24) is 39.9 Å². The zero-order valence-electron chi connectivity index (χ0n) is 31.2. The average molecular weight is 951 g/mol. The summed E-state index contributed by atoms with van der Waals surface area (Å²) < 4.78 is 78.7. The molecule has 5 aromatic rings. The van der Waals surface area contributed by atoms with Crippen LogP contribution < -0.4 is 29.6 Å². The van der Waals surface area contributed by atoms with Crippen LogP contribution in [-0.2, 0) is 39.7 Å². The Bertz CT molecular complexity index is 2390. The zero-order valence-corrected chi connectivity index (χ0v) is 35.0. The van der Waals surface area contributed by atoms with Crippen LogP contribution in [0.2, 0.25) is 0 Å². The molecule has 0 bridgehead atoms. The summed E-state index contributed by atoms with van der Waals surface area (Å²) in [5.41, 5.74) is 1.70. The third-order valence-corrected chi connectivity index (χ3v) is 12.9. The van der Waals surface area contributed by atoms with E-state index in [1.165, 1.54) is 32.2 Å². The number of amides is 2. The number of benzene rings is 4. The van der Waals surface area contributed by atoms with Gasteiger partial charge in [-0.2, -0.15) is 9.10 Å². The molecule has 1 atom stereocenters. The molecule has 0 fully saturated rings. The van der Waals surface area contributed by atoms with Crippen molar-refractivity contribution in [1.29, 1.82) is 0 Å². The van der Waals surface area contributed by atoms with E-state index in [0.29, 0.717) is 28.4 Å². The number of methoxy groups -OCH3 is 3. The highest BCUT2D eigenvalue weighted by Gasteiger charge is 2.37. The molecule has 0 radical (unpaired) electrons. The Kier molecular flexibility index (Phi) is 14.5. The number of rotatable bonds is 19. The number of aromatic nitrogens is 4. The molecule has 1 unspecified atom stereocenters. The highest BCUT2D eigenvalue weighted by Crippen LogP contribution is 2.38. The Hall–Kier alpha value is -5.56. The number of carbonyl (C=O) groups is 2. The molecule has 5 N–H and O–H groups in total. The van der Waals surface area contributed by atoms with Crippen molar-refractivity contribution in [3.05, 3.63) is 105 Å². The van der Waals surface area contributed by atoms with Crippen molar-refractivity contribution < 1.29 is 50.8 Å².